The van der Waals surface area contributed by atoms with Crippen molar-refractivity contribution in [3.05, 3.63) is 24.3 Å². The SMILES string of the molecule is CCCSCC(N)c1cncnc1. The molecule has 0 aliphatic carbocycles. The van der Waals surface area contributed by atoms with Gasteiger partial charge in [0.25, 0.3) is 0 Å². The average molecular weight is 197 g/mol. The second kappa shape index (κ2) is 5.94. The van der Waals surface area contributed by atoms with Crippen molar-refractivity contribution in [1.29, 1.82) is 0 Å². The summed E-state index contributed by atoms with van der Waals surface area (Å²) in [7, 11) is 0. The minimum Gasteiger partial charge on any atom is -0.323 e. The molecule has 0 aromatic carbocycles. The first kappa shape index (κ1) is 10.5. The van der Waals surface area contributed by atoms with Crippen molar-refractivity contribution in [2.24, 2.45) is 5.73 Å². The summed E-state index contributed by atoms with van der Waals surface area (Å²) in [5.41, 5.74) is 6.95. The minimum absolute atomic E-state index is 0.0674. The van der Waals surface area contributed by atoms with Crippen molar-refractivity contribution in [1.82, 2.24) is 9.97 Å². The van der Waals surface area contributed by atoms with Gasteiger partial charge in [-0.1, -0.05) is 6.92 Å². The molecule has 0 amide bonds. The normalized spacial score (nSPS) is 12.8. The summed E-state index contributed by atoms with van der Waals surface area (Å²) in [5.74, 6) is 2.11. The molecule has 1 aromatic rings. The van der Waals surface area contributed by atoms with E-state index in [-0.39, 0.29) is 6.04 Å². The molecule has 0 saturated heterocycles. The summed E-state index contributed by atoms with van der Waals surface area (Å²) < 4.78 is 0. The predicted octanol–water partition coefficient (Wildman–Crippen LogP) is 1.62. The number of hydrogen-bond donors (Lipinski definition) is 1. The predicted molar refractivity (Wildman–Crippen MR) is 56.6 cm³/mol. The lowest BCUT2D eigenvalue weighted by molar-refractivity contribution is 0.813. The Balaban J connectivity index is 2.35. The highest BCUT2D eigenvalue weighted by atomic mass is 32.2. The van der Waals surface area contributed by atoms with Gasteiger partial charge in [0, 0.05) is 29.8 Å². The van der Waals surface area contributed by atoms with Crippen LogP contribution < -0.4 is 5.73 Å². The fourth-order valence-corrected chi connectivity index (χ4v) is 1.85. The molecule has 1 unspecified atom stereocenters. The summed E-state index contributed by atoms with van der Waals surface area (Å²) in [4.78, 5) is 7.87. The van der Waals surface area contributed by atoms with E-state index in [0.717, 1.165) is 11.3 Å². The third-order valence-electron chi connectivity index (χ3n) is 1.65. The standard InChI is InChI=1S/C9H15N3S/c1-2-3-13-6-9(10)8-4-11-7-12-5-8/h4-5,7,9H,2-3,6,10H2,1H3. The molecule has 3 nitrogen and oxygen atoms in total. The van der Waals surface area contributed by atoms with E-state index in [9.17, 15) is 0 Å². The Morgan fingerprint density at radius 2 is 2.15 bits per heavy atom. The molecule has 0 aliphatic rings. The summed E-state index contributed by atoms with van der Waals surface area (Å²) in [5, 5.41) is 0. The fraction of sp³-hybridized carbons (Fsp3) is 0.556. The lowest BCUT2D eigenvalue weighted by atomic mass is 10.2. The van der Waals surface area contributed by atoms with Crippen LogP contribution >= 0.6 is 11.8 Å². The Labute approximate surface area is 83.2 Å². The van der Waals surface area contributed by atoms with Crippen molar-refractivity contribution in [3.63, 3.8) is 0 Å². The Kier molecular flexibility index (Phi) is 4.78. The molecule has 1 heterocycles. The molecule has 1 rings (SSSR count). The monoisotopic (exact) mass is 197 g/mol. The van der Waals surface area contributed by atoms with Crippen LogP contribution in [0.4, 0.5) is 0 Å². The maximum absolute atomic E-state index is 5.93. The Morgan fingerprint density at radius 3 is 2.77 bits per heavy atom. The molecule has 2 N–H and O–H groups in total. The van der Waals surface area contributed by atoms with E-state index in [1.165, 1.54) is 18.5 Å². The van der Waals surface area contributed by atoms with Gasteiger partial charge >= 0.3 is 0 Å². The van der Waals surface area contributed by atoms with Crippen LogP contribution in [-0.2, 0) is 0 Å². The van der Waals surface area contributed by atoms with Crippen molar-refractivity contribution in [3.8, 4) is 0 Å². The Morgan fingerprint density at radius 1 is 1.46 bits per heavy atom. The van der Waals surface area contributed by atoms with Gasteiger partial charge in [-0.2, -0.15) is 11.8 Å². The highest BCUT2D eigenvalue weighted by Crippen LogP contribution is 2.14. The molecule has 4 heteroatoms. The van der Waals surface area contributed by atoms with Gasteiger partial charge in [-0.3, -0.25) is 0 Å². The number of hydrogen-bond acceptors (Lipinski definition) is 4. The molecule has 0 fully saturated rings. The molecule has 0 spiro atoms. The first-order valence-electron chi connectivity index (χ1n) is 4.42. The topological polar surface area (TPSA) is 51.8 Å². The summed E-state index contributed by atoms with van der Waals surface area (Å²) in [6.45, 7) is 2.17. The maximum Gasteiger partial charge on any atom is 0.115 e. The van der Waals surface area contributed by atoms with Gasteiger partial charge < -0.3 is 5.73 Å². The third-order valence-corrected chi connectivity index (χ3v) is 2.95. The zero-order valence-electron chi connectivity index (χ0n) is 7.81. The van der Waals surface area contributed by atoms with Crippen LogP contribution in [0.2, 0.25) is 0 Å². The van der Waals surface area contributed by atoms with E-state index in [1.54, 1.807) is 12.4 Å². The molecular formula is C9H15N3S. The molecular weight excluding hydrogens is 182 g/mol. The van der Waals surface area contributed by atoms with Crippen LogP contribution in [0, 0.1) is 0 Å². The number of nitrogens with two attached hydrogens (primary N) is 1. The van der Waals surface area contributed by atoms with Crippen LogP contribution in [0.25, 0.3) is 0 Å². The van der Waals surface area contributed by atoms with Crippen molar-refractivity contribution in [2.75, 3.05) is 11.5 Å². The number of thioether (sulfide) groups is 1. The number of rotatable bonds is 5. The lowest BCUT2D eigenvalue weighted by Gasteiger charge is -2.09. The molecule has 72 valence electrons. The largest absolute Gasteiger partial charge is 0.323 e. The average Bonchev–Trinajstić information content (AvgIpc) is 2.19. The van der Waals surface area contributed by atoms with Gasteiger partial charge in [0.1, 0.15) is 6.33 Å². The van der Waals surface area contributed by atoms with Crippen molar-refractivity contribution < 1.29 is 0 Å². The zero-order valence-corrected chi connectivity index (χ0v) is 8.63. The molecule has 0 bridgehead atoms. The number of aromatic nitrogens is 2. The lowest BCUT2D eigenvalue weighted by Crippen LogP contribution is -2.13. The van der Waals surface area contributed by atoms with Crippen LogP contribution in [0.3, 0.4) is 0 Å². The van der Waals surface area contributed by atoms with E-state index >= 15 is 0 Å². The highest BCUT2D eigenvalue weighted by molar-refractivity contribution is 7.99. The Bertz CT molecular complexity index is 228. The van der Waals surface area contributed by atoms with E-state index in [2.05, 4.69) is 16.9 Å². The molecule has 0 radical (unpaired) electrons. The smallest absolute Gasteiger partial charge is 0.115 e. The third kappa shape index (κ3) is 3.74. The van der Waals surface area contributed by atoms with Gasteiger partial charge in [-0.05, 0) is 12.2 Å². The Hall–Kier alpha value is -0.610. The van der Waals surface area contributed by atoms with Crippen molar-refractivity contribution in [2.45, 2.75) is 19.4 Å². The highest BCUT2D eigenvalue weighted by Gasteiger charge is 2.05. The van der Waals surface area contributed by atoms with Gasteiger partial charge in [0.2, 0.25) is 0 Å². The van der Waals surface area contributed by atoms with E-state index in [4.69, 9.17) is 5.73 Å². The van der Waals surface area contributed by atoms with Crippen LogP contribution in [-0.4, -0.2) is 21.5 Å². The second-order valence-electron chi connectivity index (χ2n) is 2.85. The molecule has 0 aliphatic heterocycles. The van der Waals surface area contributed by atoms with E-state index in [0.29, 0.717) is 0 Å². The second-order valence-corrected chi connectivity index (χ2v) is 4.00. The van der Waals surface area contributed by atoms with Gasteiger partial charge in [0.15, 0.2) is 0 Å². The van der Waals surface area contributed by atoms with Gasteiger partial charge in [-0.15, -0.1) is 0 Å². The fourth-order valence-electron chi connectivity index (χ4n) is 0.953. The first-order valence-corrected chi connectivity index (χ1v) is 5.58. The molecule has 0 saturated carbocycles. The number of nitrogens with zero attached hydrogens (tertiary/aromatic N) is 2. The van der Waals surface area contributed by atoms with E-state index < -0.39 is 0 Å². The quantitative estimate of drug-likeness (QED) is 0.729. The van der Waals surface area contributed by atoms with E-state index in [1.807, 2.05) is 11.8 Å². The van der Waals surface area contributed by atoms with Crippen LogP contribution in [0.5, 0.6) is 0 Å². The first-order chi connectivity index (χ1) is 6.34. The van der Waals surface area contributed by atoms with Gasteiger partial charge in [-0.25, -0.2) is 9.97 Å². The zero-order chi connectivity index (χ0) is 9.52. The molecule has 13 heavy (non-hydrogen) atoms. The van der Waals surface area contributed by atoms with Gasteiger partial charge in [0.05, 0.1) is 0 Å². The molecule has 1 atom stereocenters. The summed E-state index contributed by atoms with van der Waals surface area (Å²) in [6, 6.07) is 0.0674. The molecule has 1 aromatic heterocycles. The summed E-state index contributed by atoms with van der Waals surface area (Å²) in [6.07, 6.45) is 6.28. The van der Waals surface area contributed by atoms with Crippen LogP contribution in [0.15, 0.2) is 18.7 Å². The van der Waals surface area contributed by atoms with Crippen LogP contribution in [0.1, 0.15) is 24.9 Å². The summed E-state index contributed by atoms with van der Waals surface area (Å²) >= 11 is 1.88. The minimum atomic E-state index is 0.0674. The maximum atomic E-state index is 5.93. The van der Waals surface area contributed by atoms with Crippen molar-refractivity contribution >= 4 is 11.8 Å².